The van der Waals surface area contributed by atoms with E-state index in [1.54, 1.807) is 4.90 Å². The zero-order valence-electron chi connectivity index (χ0n) is 22.8. The Morgan fingerprint density at radius 3 is 1.97 bits per heavy atom. The number of halogens is 3. The van der Waals surface area contributed by atoms with Crippen LogP contribution in [-0.2, 0) is 28.7 Å². The molecule has 7 nitrogen and oxygen atoms in total. The Bertz CT molecular complexity index is 1170. The summed E-state index contributed by atoms with van der Waals surface area (Å²) in [7, 11) is 0. The number of nitrogens with zero attached hydrogens (tertiary/aromatic N) is 2. The van der Waals surface area contributed by atoms with Crippen LogP contribution in [0.3, 0.4) is 0 Å². The van der Waals surface area contributed by atoms with Gasteiger partial charge in [0.15, 0.2) is 0 Å². The van der Waals surface area contributed by atoms with Gasteiger partial charge in [0.1, 0.15) is 18.0 Å². The first-order valence-electron chi connectivity index (χ1n) is 13.2. The number of cyclic esters (lactones) is 2. The fourth-order valence-corrected chi connectivity index (χ4v) is 5.20. The summed E-state index contributed by atoms with van der Waals surface area (Å²) in [6, 6.07) is 12.0. The predicted molar refractivity (Wildman–Crippen MR) is 138 cm³/mol. The molecule has 0 aliphatic carbocycles. The SMILES string of the molecule is CC(C)[C@H]1OC(=O)N(Cc2cccc(OCC(C)[C@H]3OC(=O)N(Cc4ccc(C(F)(F)F)cc4)[C@@H]3C)c2)[C@@H]1C. The second-order valence-electron chi connectivity index (χ2n) is 10.8. The van der Waals surface area contributed by atoms with E-state index in [0.29, 0.717) is 17.9 Å². The van der Waals surface area contributed by atoms with E-state index in [4.69, 9.17) is 14.2 Å². The Morgan fingerprint density at radius 2 is 1.41 bits per heavy atom. The van der Waals surface area contributed by atoms with E-state index in [-0.39, 0.29) is 49.3 Å². The van der Waals surface area contributed by atoms with E-state index < -0.39 is 23.9 Å². The summed E-state index contributed by atoms with van der Waals surface area (Å²) in [4.78, 5) is 28.2. The number of benzene rings is 2. The largest absolute Gasteiger partial charge is 0.493 e. The topological polar surface area (TPSA) is 68.3 Å². The second-order valence-corrected chi connectivity index (χ2v) is 10.8. The molecular weight excluding hydrogens is 513 g/mol. The molecule has 4 rings (SSSR count). The Labute approximate surface area is 226 Å². The third-order valence-corrected chi connectivity index (χ3v) is 7.49. The van der Waals surface area contributed by atoms with E-state index in [0.717, 1.165) is 17.7 Å². The number of amides is 2. The lowest BCUT2D eigenvalue weighted by Crippen LogP contribution is -2.37. The number of hydrogen-bond acceptors (Lipinski definition) is 5. The molecule has 0 bridgehead atoms. The molecule has 212 valence electrons. The smallest absolute Gasteiger partial charge is 0.416 e. The maximum atomic E-state index is 12.9. The normalized spacial score (nSPS) is 24.2. The Morgan fingerprint density at radius 1 is 0.846 bits per heavy atom. The van der Waals surface area contributed by atoms with Crippen molar-refractivity contribution in [2.24, 2.45) is 11.8 Å². The fourth-order valence-electron chi connectivity index (χ4n) is 5.20. The monoisotopic (exact) mass is 548 g/mol. The van der Waals surface area contributed by atoms with Gasteiger partial charge in [0, 0.05) is 19.0 Å². The van der Waals surface area contributed by atoms with Crippen LogP contribution in [0, 0.1) is 11.8 Å². The second kappa shape index (κ2) is 11.4. The van der Waals surface area contributed by atoms with Gasteiger partial charge in [-0.25, -0.2) is 9.59 Å². The molecule has 2 aliphatic rings. The van der Waals surface area contributed by atoms with Crippen LogP contribution in [0.25, 0.3) is 0 Å². The van der Waals surface area contributed by atoms with Gasteiger partial charge >= 0.3 is 18.4 Å². The molecule has 2 amide bonds. The molecule has 2 aromatic carbocycles. The van der Waals surface area contributed by atoms with Crippen molar-refractivity contribution in [3.05, 3.63) is 65.2 Å². The van der Waals surface area contributed by atoms with E-state index >= 15 is 0 Å². The molecule has 0 N–H and O–H groups in total. The summed E-state index contributed by atoms with van der Waals surface area (Å²) < 4.78 is 55.7. The molecule has 2 fully saturated rings. The van der Waals surface area contributed by atoms with Crippen LogP contribution in [-0.4, -0.2) is 52.9 Å². The van der Waals surface area contributed by atoms with Crippen molar-refractivity contribution < 1.29 is 37.0 Å². The zero-order chi connectivity index (χ0) is 28.5. The highest BCUT2D eigenvalue weighted by Gasteiger charge is 2.42. The molecule has 2 aromatic rings. The van der Waals surface area contributed by atoms with Crippen LogP contribution in [0.1, 0.15) is 51.3 Å². The van der Waals surface area contributed by atoms with Gasteiger partial charge in [0.05, 0.1) is 24.3 Å². The van der Waals surface area contributed by atoms with Crippen LogP contribution >= 0.6 is 0 Å². The first-order valence-corrected chi connectivity index (χ1v) is 13.2. The first kappa shape index (κ1) is 28.6. The number of carbonyl (C=O) groups is 2. The van der Waals surface area contributed by atoms with E-state index in [2.05, 4.69) is 0 Å². The summed E-state index contributed by atoms with van der Waals surface area (Å²) in [6.07, 6.45) is -5.82. The lowest BCUT2D eigenvalue weighted by Gasteiger charge is -2.25. The van der Waals surface area contributed by atoms with Gasteiger partial charge in [-0.1, -0.05) is 45.0 Å². The molecule has 1 unspecified atom stereocenters. The van der Waals surface area contributed by atoms with E-state index in [1.165, 1.54) is 17.0 Å². The van der Waals surface area contributed by atoms with Gasteiger partial charge in [-0.05, 0) is 55.2 Å². The predicted octanol–water partition coefficient (Wildman–Crippen LogP) is 6.50. The molecular formula is C29H35F3N2O5. The number of hydrogen-bond donors (Lipinski definition) is 0. The van der Waals surface area contributed by atoms with Crippen molar-refractivity contribution in [1.82, 2.24) is 9.80 Å². The van der Waals surface area contributed by atoms with Gasteiger partial charge in [-0.2, -0.15) is 13.2 Å². The minimum Gasteiger partial charge on any atom is -0.493 e. The van der Waals surface area contributed by atoms with Crippen LogP contribution < -0.4 is 4.74 Å². The molecule has 39 heavy (non-hydrogen) atoms. The fraction of sp³-hybridized carbons (Fsp3) is 0.517. The molecule has 5 atom stereocenters. The standard InChI is InChI=1S/C29H35F3N2O5/c1-17(2)25-19(4)34(27(35)38-25)15-22-7-6-8-24(13-22)37-16-18(3)26-20(5)33(28(36)39-26)14-21-9-11-23(12-10-21)29(30,31)32/h6-13,17-20,25-26H,14-16H2,1-5H3/t18?,19-,20-,25-,26-/m1/s1. The van der Waals surface area contributed by atoms with Gasteiger partial charge in [-0.3, -0.25) is 9.80 Å². The molecule has 2 aliphatic heterocycles. The highest BCUT2D eigenvalue weighted by Crippen LogP contribution is 2.31. The minimum atomic E-state index is -4.41. The van der Waals surface area contributed by atoms with E-state index in [1.807, 2.05) is 58.9 Å². The van der Waals surface area contributed by atoms with Gasteiger partial charge in [0.2, 0.25) is 0 Å². The first-order chi connectivity index (χ1) is 18.3. The van der Waals surface area contributed by atoms with Crippen LogP contribution in [0.2, 0.25) is 0 Å². The van der Waals surface area contributed by atoms with Gasteiger partial charge in [-0.15, -0.1) is 0 Å². The molecule has 0 spiro atoms. The molecule has 2 saturated heterocycles. The Balaban J connectivity index is 1.33. The summed E-state index contributed by atoms with van der Waals surface area (Å²) >= 11 is 0. The van der Waals surface area contributed by atoms with Crippen molar-refractivity contribution >= 4 is 12.2 Å². The molecule has 0 aromatic heterocycles. The van der Waals surface area contributed by atoms with E-state index in [9.17, 15) is 22.8 Å². The number of alkyl halides is 3. The highest BCUT2D eigenvalue weighted by atomic mass is 19.4. The maximum Gasteiger partial charge on any atom is 0.416 e. The molecule has 0 radical (unpaired) electrons. The summed E-state index contributed by atoms with van der Waals surface area (Å²) in [5.41, 5.74) is 0.770. The Kier molecular flexibility index (Phi) is 8.32. The quantitative estimate of drug-likeness (QED) is 0.358. The molecule has 10 heteroatoms. The summed E-state index contributed by atoms with van der Waals surface area (Å²) in [5, 5.41) is 0. The highest BCUT2D eigenvalue weighted by molar-refractivity contribution is 5.71. The van der Waals surface area contributed by atoms with Crippen LogP contribution in [0.15, 0.2) is 48.5 Å². The van der Waals surface area contributed by atoms with Crippen molar-refractivity contribution in [2.75, 3.05) is 6.61 Å². The summed E-state index contributed by atoms with van der Waals surface area (Å²) in [6.45, 7) is 10.7. The lowest BCUT2D eigenvalue weighted by atomic mass is 9.99. The Hall–Kier alpha value is -3.43. The number of ether oxygens (including phenoxy) is 3. The number of carbonyl (C=O) groups excluding carboxylic acids is 2. The van der Waals surface area contributed by atoms with Crippen molar-refractivity contribution in [3.63, 3.8) is 0 Å². The van der Waals surface area contributed by atoms with Crippen molar-refractivity contribution in [1.29, 1.82) is 0 Å². The third-order valence-electron chi connectivity index (χ3n) is 7.49. The van der Waals surface area contributed by atoms with Gasteiger partial charge < -0.3 is 14.2 Å². The zero-order valence-corrected chi connectivity index (χ0v) is 22.8. The number of rotatable bonds is 9. The maximum absolute atomic E-state index is 12.9. The lowest BCUT2D eigenvalue weighted by molar-refractivity contribution is -0.137. The molecule has 0 saturated carbocycles. The summed E-state index contributed by atoms with van der Waals surface area (Å²) in [5.74, 6) is 0.715. The van der Waals surface area contributed by atoms with Crippen molar-refractivity contribution in [3.8, 4) is 5.75 Å². The van der Waals surface area contributed by atoms with Crippen LogP contribution in [0.4, 0.5) is 22.8 Å². The van der Waals surface area contributed by atoms with Crippen LogP contribution in [0.5, 0.6) is 5.75 Å². The third kappa shape index (κ3) is 6.42. The molecule has 2 heterocycles. The van der Waals surface area contributed by atoms with Crippen molar-refractivity contribution in [2.45, 2.75) is 78.2 Å². The average Bonchev–Trinajstić information content (AvgIpc) is 3.32. The minimum absolute atomic E-state index is 0.0360. The van der Waals surface area contributed by atoms with Gasteiger partial charge in [0.25, 0.3) is 0 Å². The average molecular weight is 549 g/mol.